The lowest BCUT2D eigenvalue weighted by molar-refractivity contribution is -0.136. The van der Waals surface area contributed by atoms with Crippen molar-refractivity contribution in [2.45, 2.75) is 25.3 Å². The maximum Gasteiger partial charge on any atom is 0.212 e. The Kier molecular flexibility index (Phi) is 3.04. The summed E-state index contributed by atoms with van der Waals surface area (Å²) in [5.41, 5.74) is 1.11. The standard InChI is InChI=1S/C14H18N2O2/c1-18-13-3-2-10(9-15-13)8-12-14(17)11-4-6-16(12)7-5-11/h2-3,9,11-12H,4-8H2,1H3. The van der Waals surface area contributed by atoms with Gasteiger partial charge in [0.2, 0.25) is 5.88 Å². The normalized spacial score (nSPS) is 30.5. The molecule has 18 heavy (non-hydrogen) atoms. The molecule has 1 atom stereocenters. The second-order valence-corrected chi connectivity index (χ2v) is 5.14. The highest BCUT2D eigenvalue weighted by Gasteiger charge is 2.40. The summed E-state index contributed by atoms with van der Waals surface area (Å²) in [6.07, 6.45) is 4.70. The van der Waals surface area contributed by atoms with E-state index < -0.39 is 0 Å². The minimum absolute atomic E-state index is 0.0766. The van der Waals surface area contributed by atoms with Gasteiger partial charge in [-0.25, -0.2) is 4.98 Å². The number of aromatic nitrogens is 1. The molecule has 3 fully saturated rings. The number of pyridine rings is 1. The number of hydrogen-bond donors (Lipinski definition) is 0. The number of Topliss-reactive ketones (excluding diaryl/α,β-unsaturated/α-hetero) is 1. The topological polar surface area (TPSA) is 42.4 Å². The summed E-state index contributed by atoms with van der Waals surface area (Å²) in [5, 5.41) is 0. The highest BCUT2D eigenvalue weighted by atomic mass is 16.5. The van der Waals surface area contributed by atoms with Crippen molar-refractivity contribution in [1.82, 2.24) is 9.88 Å². The number of methoxy groups -OCH3 is 1. The number of fused-ring (bicyclic) bond motifs is 3. The monoisotopic (exact) mass is 246 g/mol. The Hall–Kier alpha value is -1.42. The fourth-order valence-electron chi connectivity index (χ4n) is 3.05. The quantitative estimate of drug-likeness (QED) is 0.806. The van der Waals surface area contributed by atoms with Gasteiger partial charge in [0.05, 0.1) is 13.2 Å². The molecule has 4 rings (SSSR count). The van der Waals surface area contributed by atoms with E-state index in [9.17, 15) is 4.79 Å². The third kappa shape index (κ3) is 2.01. The number of piperidine rings is 3. The van der Waals surface area contributed by atoms with Crippen LogP contribution in [0.5, 0.6) is 5.88 Å². The van der Waals surface area contributed by atoms with E-state index >= 15 is 0 Å². The molecule has 0 radical (unpaired) electrons. The van der Waals surface area contributed by atoms with E-state index in [2.05, 4.69) is 9.88 Å². The number of hydrogen-bond acceptors (Lipinski definition) is 4. The third-order valence-electron chi connectivity index (χ3n) is 4.14. The largest absolute Gasteiger partial charge is 0.481 e. The van der Waals surface area contributed by atoms with Gasteiger partial charge in [0.15, 0.2) is 5.78 Å². The maximum atomic E-state index is 12.2. The molecule has 1 unspecified atom stereocenters. The van der Waals surface area contributed by atoms with Crippen LogP contribution in [-0.2, 0) is 11.2 Å². The lowest BCUT2D eigenvalue weighted by Crippen LogP contribution is -2.56. The fourth-order valence-corrected chi connectivity index (χ4v) is 3.05. The van der Waals surface area contributed by atoms with Crippen LogP contribution in [0.3, 0.4) is 0 Å². The summed E-state index contributed by atoms with van der Waals surface area (Å²) in [6.45, 7) is 2.15. The molecule has 0 aromatic carbocycles. The van der Waals surface area contributed by atoms with Crippen molar-refractivity contribution in [1.29, 1.82) is 0 Å². The zero-order valence-electron chi connectivity index (χ0n) is 10.6. The van der Waals surface area contributed by atoms with Gasteiger partial charge in [-0.3, -0.25) is 9.69 Å². The van der Waals surface area contributed by atoms with E-state index in [4.69, 9.17) is 4.74 Å². The van der Waals surface area contributed by atoms with Crippen molar-refractivity contribution in [2.24, 2.45) is 5.92 Å². The summed E-state index contributed by atoms with van der Waals surface area (Å²) in [4.78, 5) is 18.8. The molecule has 3 saturated heterocycles. The van der Waals surface area contributed by atoms with Crippen molar-refractivity contribution in [2.75, 3.05) is 20.2 Å². The Morgan fingerprint density at radius 1 is 1.39 bits per heavy atom. The van der Waals surface area contributed by atoms with Crippen LogP contribution < -0.4 is 4.74 Å². The molecule has 4 heteroatoms. The molecule has 0 aliphatic carbocycles. The molecule has 3 aliphatic rings. The van der Waals surface area contributed by atoms with Crippen LogP contribution in [0.2, 0.25) is 0 Å². The lowest BCUT2D eigenvalue weighted by atomic mass is 9.80. The second kappa shape index (κ2) is 4.69. The highest BCUT2D eigenvalue weighted by Crippen LogP contribution is 2.30. The molecule has 0 N–H and O–H groups in total. The zero-order valence-corrected chi connectivity index (χ0v) is 10.6. The van der Waals surface area contributed by atoms with Crippen molar-refractivity contribution in [3.05, 3.63) is 23.9 Å². The van der Waals surface area contributed by atoms with E-state index in [1.165, 1.54) is 0 Å². The molecule has 96 valence electrons. The molecule has 3 aliphatic heterocycles. The molecule has 0 amide bonds. The minimum Gasteiger partial charge on any atom is -0.481 e. The molecule has 1 aromatic heterocycles. The molecular weight excluding hydrogens is 228 g/mol. The van der Waals surface area contributed by atoms with Crippen LogP contribution in [0.4, 0.5) is 0 Å². The van der Waals surface area contributed by atoms with Gasteiger partial charge in [0.25, 0.3) is 0 Å². The minimum atomic E-state index is 0.0766. The van der Waals surface area contributed by atoms with Crippen LogP contribution in [-0.4, -0.2) is 41.9 Å². The molecule has 0 saturated carbocycles. The summed E-state index contributed by atoms with van der Waals surface area (Å²) in [7, 11) is 1.61. The van der Waals surface area contributed by atoms with Gasteiger partial charge < -0.3 is 4.74 Å². The first-order chi connectivity index (χ1) is 8.78. The Morgan fingerprint density at radius 3 is 2.72 bits per heavy atom. The predicted octanol–water partition coefficient (Wildman–Crippen LogP) is 1.30. The molecule has 0 spiro atoms. The van der Waals surface area contributed by atoms with Crippen molar-refractivity contribution in [3.63, 3.8) is 0 Å². The first-order valence-corrected chi connectivity index (χ1v) is 6.54. The Bertz CT molecular complexity index is 436. The Morgan fingerprint density at radius 2 is 2.17 bits per heavy atom. The third-order valence-corrected chi connectivity index (χ3v) is 4.14. The fraction of sp³-hybridized carbons (Fsp3) is 0.571. The number of ether oxygens (including phenoxy) is 1. The number of carbonyl (C=O) groups is 1. The summed E-state index contributed by atoms with van der Waals surface area (Å²) >= 11 is 0. The zero-order chi connectivity index (χ0) is 12.5. The predicted molar refractivity (Wildman–Crippen MR) is 67.6 cm³/mol. The van der Waals surface area contributed by atoms with Crippen LogP contribution in [0.15, 0.2) is 18.3 Å². The molecular formula is C14H18N2O2. The Balaban J connectivity index is 1.73. The Labute approximate surface area is 107 Å². The highest BCUT2D eigenvalue weighted by molar-refractivity contribution is 5.88. The van der Waals surface area contributed by atoms with E-state index in [1.54, 1.807) is 7.11 Å². The van der Waals surface area contributed by atoms with Gasteiger partial charge in [-0.05, 0) is 37.9 Å². The maximum absolute atomic E-state index is 12.2. The van der Waals surface area contributed by atoms with Crippen LogP contribution in [0.25, 0.3) is 0 Å². The molecule has 1 aromatic rings. The number of carbonyl (C=O) groups excluding carboxylic acids is 1. The number of nitrogens with zero attached hydrogens (tertiary/aromatic N) is 2. The van der Waals surface area contributed by atoms with Gasteiger partial charge in [0.1, 0.15) is 0 Å². The van der Waals surface area contributed by atoms with E-state index in [1.807, 2.05) is 18.3 Å². The lowest BCUT2D eigenvalue weighted by Gasteiger charge is -2.44. The number of rotatable bonds is 3. The van der Waals surface area contributed by atoms with Crippen molar-refractivity contribution < 1.29 is 9.53 Å². The summed E-state index contributed by atoms with van der Waals surface area (Å²) in [6, 6.07) is 3.94. The van der Waals surface area contributed by atoms with Crippen LogP contribution in [0, 0.1) is 5.92 Å². The van der Waals surface area contributed by atoms with Crippen LogP contribution in [0.1, 0.15) is 18.4 Å². The summed E-state index contributed by atoms with van der Waals surface area (Å²) < 4.78 is 5.04. The first-order valence-electron chi connectivity index (χ1n) is 6.54. The van der Waals surface area contributed by atoms with Crippen molar-refractivity contribution in [3.8, 4) is 5.88 Å². The van der Waals surface area contributed by atoms with E-state index in [-0.39, 0.29) is 6.04 Å². The number of ketones is 1. The smallest absolute Gasteiger partial charge is 0.212 e. The average molecular weight is 246 g/mol. The van der Waals surface area contributed by atoms with Gasteiger partial charge in [0, 0.05) is 18.2 Å². The van der Waals surface area contributed by atoms with Gasteiger partial charge >= 0.3 is 0 Å². The van der Waals surface area contributed by atoms with Gasteiger partial charge in [-0.1, -0.05) is 6.07 Å². The van der Waals surface area contributed by atoms with Gasteiger partial charge in [-0.15, -0.1) is 0 Å². The summed E-state index contributed by atoms with van der Waals surface area (Å²) in [5.74, 6) is 1.37. The SMILES string of the molecule is COc1ccc(CC2C(=O)C3CCN2CC3)cn1. The van der Waals surface area contributed by atoms with Gasteiger partial charge in [-0.2, -0.15) is 0 Å². The average Bonchev–Trinajstić information content (AvgIpc) is 2.44. The van der Waals surface area contributed by atoms with E-state index in [0.717, 1.165) is 37.9 Å². The van der Waals surface area contributed by atoms with Crippen LogP contribution >= 0.6 is 0 Å². The van der Waals surface area contributed by atoms with E-state index in [0.29, 0.717) is 17.6 Å². The molecule has 2 bridgehead atoms. The van der Waals surface area contributed by atoms with Crippen molar-refractivity contribution >= 4 is 5.78 Å². The second-order valence-electron chi connectivity index (χ2n) is 5.14. The molecule has 4 heterocycles. The first kappa shape index (κ1) is 11.7. The molecule has 4 nitrogen and oxygen atoms in total.